The first-order chi connectivity index (χ1) is 10.0. The Bertz CT molecular complexity index is 654. The molecule has 110 valence electrons. The van der Waals surface area contributed by atoms with Gasteiger partial charge in [-0.15, -0.1) is 5.10 Å². The number of urea groups is 1. The van der Waals surface area contributed by atoms with E-state index in [9.17, 15) is 9.59 Å². The lowest BCUT2D eigenvalue weighted by Crippen LogP contribution is -2.28. The summed E-state index contributed by atoms with van der Waals surface area (Å²) in [6, 6.07) is 6.43. The third-order valence-corrected chi connectivity index (χ3v) is 2.52. The van der Waals surface area contributed by atoms with Crippen LogP contribution in [0.5, 0.6) is 0 Å². The molecule has 0 saturated carbocycles. The van der Waals surface area contributed by atoms with Crippen LogP contribution in [0.1, 0.15) is 5.69 Å². The number of aliphatic carboxylic acids is 1. The van der Waals surface area contributed by atoms with Gasteiger partial charge in [0, 0.05) is 0 Å². The summed E-state index contributed by atoms with van der Waals surface area (Å²) < 4.78 is 1.17. The molecule has 0 unspecified atom stereocenters. The SMILES string of the molecule is Nc1ccccc1NC(=O)NCc1cn(CC(=O)O)nn1. The maximum Gasteiger partial charge on any atom is 0.325 e. The van der Waals surface area contributed by atoms with Gasteiger partial charge in [-0.1, -0.05) is 17.3 Å². The molecule has 0 aliphatic carbocycles. The van der Waals surface area contributed by atoms with E-state index in [1.165, 1.54) is 10.9 Å². The zero-order valence-electron chi connectivity index (χ0n) is 11.0. The van der Waals surface area contributed by atoms with Crippen molar-refractivity contribution in [1.29, 1.82) is 0 Å². The highest BCUT2D eigenvalue weighted by Crippen LogP contribution is 2.16. The van der Waals surface area contributed by atoms with Crippen LogP contribution in [0.2, 0.25) is 0 Å². The number of hydrogen-bond donors (Lipinski definition) is 4. The van der Waals surface area contributed by atoms with Gasteiger partial charge in [0.05, 0.1) is 24.1 Å². The molecule has 9 heteroatoms. The summed E-state index contributed by atoms with van der Waals surface area (Å²) >= 11 is 0. The minimum Gasteiger partial charge on any atom is -0.480 e. The number of carboxylic acid groups (broad SMARTS) is 1. The molecule has 0 aliphatic heterocycles. The van der Waals surface area contributed by atoms with Crippen molar-refractivity contribution in [2.24, 2.45) is 0 Å². The molecule has 2 amide bonds. The van der Waals surface area contributed by atoms with E-state index in [2.05, 4.69) is 20.9 Å². The minimum atomic E-state index is -1.02. The number of nitrogens with two attached hydrogens (primary N) is 1. The number of anilines is 2. The van der Waals surface area contributed by atoms with Crippen molar-refractivity contribution in [3.8, 4) is 0 Å². The Balaban J connectivity index is 1.85. The van der Waals surface area contributed by atoms with E-state index in [-0.39, 0.29) is 13.1 Å². The molecule has 2 aromatic rings. The van der Waals surface area contributed by atoms with Crippen LogP contribution >= 0.6 is 0 Å². The maximum atomic E-state index is 11.7. The van der Waals surface area contributed by atoms with Crippen molar-refractivity contribution in [3.63, 3.8) is 0 Å². The third-order valence-electron chi connectivity index (χ3n) is 2.52. The molecule has 0 fully saturated rings. The second-order valence-corrected chi connectivity index (χ2v) is 4.20. The fraction of sp³-hybridized carbons (Fsp3) is 0.167. The number of nitrogens with zero attached hydrogens (tertiary/aromatic N) is 3. The monoisotopic (exact) mass is 290 g/mol. The Morgan fingerprint density at radius 2 is 2.10 bits per heavy atom. The van der Waals surface area contributed by atoms with Crippen LogP contribution in [-0.2, 0) is 17.9 Å². The lowest BCUT2D eigenvalue weighted by molar-refractivity contribution is -0.137. The van der Waals surface area contributed by atoms with Gasteiger partial charge in [-0.25, -0.2) is 9.48 Å². The highest BCUT2D eigenvalue weighted by Gasteiger charge is 2.07. The average Bonchev–Trinajstić information content (AvgIpc) is 2.86. The molecule has 0 spiro atoms. The number of aromatic nitrogens is 3. The molecular weight excluding hydrogens is 276 g/mol. The lowest BCUT2D eigenvalue weighted by atomic mass is 10.3. The van der Waals surface area contributed by atoms with Crippen LogP contribution in [0.4, 0.5) is 16.2 Å². The van der Waals surface area contributed by atoms with E-state index in [1.54, 1.807) is 24.3 Å². The van der Waals surface area contributed by atoms with Crippen molar-refractivity contribution in [2.45, 2.75) is 13.1 Å². The summed E-state index contributed by atoms with van der Waals surface area (Å²) in [5, 5.41) is 21.1. The molecule has 2 rings (SSSR count). The van der Waals surface area contributed by atoms with E-state index in [0.717, 1.165) is 0 Å². The zero-order chi connectivity index (χ0) is 15.2. The van der Waals surface area contributed by atoms with Crippen LogP contribution in [0, 0.1) is 0 Å². The summed E-state index contributed by atoms with van der Waals surface area (Å²) in [5.74, 6) is -1.02. The third kappa shape index (κ3) is 4.20. The van der Waals surface area contributed by atoms with Crippen LogP contribution < -0.4 is 16.4 Å². The zero-order valence-corrected chi connectivity index (χ0v) is 11.0. The molecule has 0 radical (unpaired) electrons. The van der Waals surface area contributed by atoms with E-state index in [4.69, 9.17) is 10.8 Å². The number of benzene rings is 1. The fourth-order valence-corrected chi connectivity index (χ4v) is 1.58. The van der Waals surface area contributed by atoms with Gasteiger partial charge in [-0.05, 0) is 12.1 Å². The number of carbonyl (C=O) groups excluding carboxylic acids is 1. The molecule has 1 aromatic heterocycles. The van der Waals surface area contributed by atoms with E-state index >= 15 is 0 Å². The molecule has 0 aliphatic rings. The molecule has 0 bridgehead atoms. The first kappa shape index (κ1) is 14.3. The standard InChI is InChI=1S/C12H14N6O3/c13-9-3-1-2-4-10(9)15-12(21)14-5-8-6-18(17-16-8)7-11(19)20/h1-4,6H,5,7,13H2,(H,19,20)(H2,14,15,21). The summed E-state index contributed by atoms with van der Waals surface area (Å²) in [5.41, 5.74) is 7.12. The highest BCUT2D eigenvalue weighted by molar-refractivity contribution is 5.92. The van der Waals surface area contributed by atoms with Crippen molar-refractivity contribution >= 4 is 23.4 Å². The molecule has 21 heavy (non-hydrogen) atoms. The number of hydrogen-bond acceptors (Lipinski definition) is 5. The number of nitrogens with one attached hydrogen (secondary N) is 2. The molecule has 5 N–H and O–H groups in total. The Kier molecular flexibility index (Phi) is 4.34. The van der Waals surface area contributed by atoms with Gasteiger partial charge in [0.15, 0.2) is 0 Å². The smallest absolute Gasteiger partial charge is 0.325 e. The van der Waals surface area contributed by atoms with Crippen LogP contribution in [0.3, 0.4) is 0 Å². The second-order valence-electron chi connectivity index (χ2n) is 4.20. The first-order valence-electron chi connectivity index (χ1n) is 6.05. The Morgan fingerprint density at radius 3 is 2.81 bits per heavy atom. The number of carbonyl (C=O) groups is 2. The van der Waals surface area contributed by atoms with Gasteiger partial charge in [0.25, 0.3) is 0 Å². The minimum absolute atomic E-state index is 0.123. The van der Waals surface area contributed by atoms with Gasteiger partial charge in [0.1, 0.15) is 12.2 Å². The van der Waals surface area contributed by atoms with Gasteiger partial charge in [0.2, 0.25) is 0 Å². The van der Waals surface area contributed by atoms with E-state index in [1.807, 2.05) is 0 Å². The molecular formula is C12H14N6O3. The molecule has 0 atom stereocenters. The van der Waals surface area contributed by atoms with E-state index < -0.39 is 12.0 Å². The summed E-state index contributed by atoms with van der Waals surface area (Å²) in [7, 11) is 0. The lowest BCUT2D eigenvalue weighted by Gasteiger charge is -2.08. The molecule has 9 nitrogen and oxygen atoms in total. The normalized spacial score (nSPS) is 10.1. The number of para-hydroxylation sites is 2. The number of nitrogen functional groups attached to an aromatic ring is 1. The highest BCUT2D eigenvalue weighted by atomic mass is 16.4. The number of carboxylic acids is 1. The largest absolute Gasteiger partial charge is 0.480 e. The van der Waals surface area contributed by atoms with Crippen molar-refractivity contribution in [1.82, 2.24) is 20.3 Å². The van der Waals surface area contributed by atoms with Gasteiger partial charge >= 0.3 is 12.0 Å². The van der Waals surface area contributed by atoms with Gasteiger partial charge in [-0.3, -0.25) is 4.79 Å². The second kappa shape index (κ2) is 6.37. The quantitative estimate of drug-likeness (QED) is 0.583. The molecule has 1 heterocycles. The van der Waals surface area contributed by atoms with Gasteiger partial charge < -0.3 is 21.5 Å². The summed E-state index contributed by atoms with van der Waals surface area (Å²) in [6.07, 6.45) is 1.45. The Labute approximate surface area is 119 Å². The van der Waals surface area contributed by atoms with E-state index in [0.29, 0.717) is 17.1 Å². The summed E-state index contributed by atoms with van der Waals surface area (Å²) in [4.78, 5) is 22.2. The summed E-state index contributed by atoms with van der Waals surface area (Å²) in [6.45, 7) is -0.155. The first-order valence-corrected chi connectivity index (χ1v) is 6.05. The fourth-order valence-electron chi connectivity index (χ4n) is 1.58. The van der Waals surface area contributed by atoms with Gasteiger partial charge in [-0.2, -0.15) is 0 Å². The Morgan fingerprint density at radius 1 is 1.33 bits per heavy atom. The predicted octanol–water partition coefficient (Wildman–Crippen LogP) is 0.267. The van der Waals surface area contributed by atoms with Crippen LogP contribution in [0.15, 0.2) is 30.5 Å². The van der Waals surface area contributed by atoms with Crippen molar-refractivity contribution < 1.29 is 14.7 Å². The van der Waals surface area contributed by atoms with Crippen molar-refractivity contribution in [2.75, 3.05) is 11.1 Å². The maximum absolute atomic E-state index is 11.7. The van der Waals surface area contributed by atoms with Crippen LogP contribution in [-0.4, -0.2) is 32.1 Å². The number of rotatable bonds is 5. The average molecular weight is 290 g/mol. The molecule has 0 saturated heterocycles. The molecule has 1 aromatic carbocycles. The predicted molar refractivity (Wildman–Crippen MR) is 74.4 cm³/mol. The topological polar surface area (TPSA) is 135 Å². The van der Waals surface area contributed by atoms with Crippen LogP contribution in [0.25, 0.3) is 0 Å². The van der Waals surface area contributed by atoms with Crippen molar-refractivity contribution in [3.05, 3.63) is 36.2 Å². The number of amides is 2. The Hall–Kier alpha value is -3.10.